The number of hydrogen-bond acceptors (Lipinski definition) is 5. The molecule has 1 aliphatic heterocycles. The molecule has 1 atom stereocenters. The summed E-state index contributed by atoms with van der Waals surface area (Å²) in [5.74, 6) is 0.930. The van der Waals surface area contributed by atoms with Crippen LogP contribution in [0.1, 0.15) is 30.0 Å². The lowest BCUT2D eigenvalue weighted by Gasteiger charge is -2.35. The molecule has 1 aromatic carbocycles. The highest BCUT2D eigenvalue weighted by Gasteiger charge is 2.23. The monoisotopic (exact) mass is 383 g/mol. The van der Waals surface area contributed by atoms with Gasteiger partial charge in [-0.2, -0.15) is 0 Å². The minimum Gasteiger partial charge on any atom is -0.497 e. The highest BCUT2D eigenvalue weighted by atomic mass is 16.5. The van der Waals surface area contributed by atoms with Crippen LogP contribution in [0.15, 0.2) is 48.8 Å². The maximum absolute atomic E-state index is 12.4. The molecule has 0 saturated carbocycles. The minimum absolute atomic E-state index is 0.0932. The van der Waals surface area contributed by atoms with Crippen LogP contribution >= 0.6 is 0 Å². The third-order valence-corrected chi connectivity index (χ3v) is 5.07. The number of benzene rings is 1. The van der Waals surface area contributed by atoms with E-state index < -0.39 is 0 Å². The normalized spacial score (nSPS) is 15.8. The Kier molecular flexibility index (Phi) is 7.82. The molecule has 1 amide bonds. The van der Waals surface area contributed by atoms with Crippen molar-refractivity contribution in [2.75, 3.05) is 40.0 Å². The zero-order valence-electron chi connectivity index (χ0n) is 16.5. The van der Waals surface area contributed by atoms with Gasteiger partial charge in [0.1, 0.15) is 5.75 Å². The van der Waals surface area contributed by atoms with E-state index in [1.807, 2.05) is 30.5 Å². The molecular weight excluding hydrogens is 354 g/mol. The molecule has 0 aliphatic carbocycles. The molecule has 6 heteroatoms. The molecule has 1 aromatic heterocycles. The summed E-state index contributed by atoms with van der Waals surface area (Å²) in [6.07, 6.45) is 5.83. The number of hydrogen-bond donors (Lipinski definition) is 1. The number of nitrogens with one attached hydrogen (secondary N) is 1. The van der Waals surface area contributed by atoms with Gasteiger partial charge in [0.05, 0.1) is 26.4 Å². The number of morpholine rings is 1. The van der Waals surface area contributed by atoms with Gasteiger partial charge < -0.3 is 14.8 Å². The Bertz CT molecular complexity index is 716. The SMILES string of the molecule is COc1ccc(C(CNC(=O)CCCc2cccnc2)N2CCOCC2)cc1. The van der Waals surface area contributed by atoms with Crippen molar-refractivity contribution < 1.29 is 14.3 Å². The maximum atomic E-state index is 12.4. The third-order valence-electron chi connectivity index (χ3n) is 5.07. The average Bonchev–Trinajstić information content (AvgIpc) is 2.76. The van der Waals surface area contributed by atoms with Crippen LogP contribution in [0.3, 0.4) is 0 Å². The molecule has 3 rings (SSSR count). The molecule has 1 aliphatic rings. The van der Waals surface area contributed by atoms with Crippen LogP contribution in [0.4, 0.5) is 0 Å². The topological polar surface area (TPSA) is 63.7 Å². The number of nitrogens with zero attached hydrogens (tertiary/aromatic N) is 2. The largest absolute Gasteiger partial charge is 0.497 e. The highest BCUT2D eigenvalue weighted by molar-refractivity contribution is 5.75. The molecule has 1 fully saturated rings. The van der Waals surface area contributed by atoms with Gasteiger partial charge in [-0.15, -0.1) is 0 Å². The lowest BCUT2D eigenvalue weighted by atomic mass is 10.0. The molecule has 2 aromatic rings. The van der Waals surface area contributed by atoms with Crippen LogP contribution in [0.5, 0.6) is 5.75 Å². The second-order valence-corrected chi connectivity index (χ2v) is 6.96. The van der Waals surface area contributed by atoms with Crippen LogP contribution in [0, 0.1) is 0 Å². The van der Waals surface area contributed by atoms with Crippen LogP contribution in [0.2, 0.25) is 0 Å². The molecular formula is C22H29N3O3. The molecule has 1 saturated heterocycles. The van der Waals surface area contributed by atoms with Gasteiger partial charge in [-0.05, 0) is 42.2 Å². The summed E-state index contributed by atoms with van der Waals surface area (Å²) in [5.41, 5.74) is 2.35. The molecule has 0 spiro atoms. The standard InChI is InChI=1S/C22H29N3O3/c1-27-20-9-7-19(8-10-20)21(25-12-14-28-15-13-25)17-24-22(26)6-2-4-18-5-3-11-23-16-18/h3,5,7-11,16,21H,2,4,6,12-15,17H2,1H3,(H,24,26). The van der Waals surface area contributed by atoms with Crippen molar-refractivity contribution >= 4 is 5.91 Å². The Morgan fingerprint density at radius 2 is 2.04 bits per heavy atom. The lowest BCUT2D eigenvalue weighted by molar-refractivity contribution is -0.121. The summed E-state index contributed by atoms with van der Waals surface area (Å²) < 4.78 is 10.8. The highest BCUT2D eigenvalue weighted by Crippen LogP contribution is 2.23. The predicted molar refractivity (Wildman–Crippen MR) is 108 cm³/mol. The summed E-state index contributed by atoms with van der Waals surface area (Å²) in [4.78, 5) is 18.9. The molecule has 2 heterocycles. The number of pyridine rings is 1. The molecule has 1 N–H and O–H groups in total. The first-order chi connectivity index (χ1) is 13.8. The van der Waals surface area contributed by atoms with Crippen molar-refractivity contribution in [1.82, 2.24) is 15.2 Å². The summed E-state index contributed by atoms with van der Waals surface area (Å²) in [7, 11) is 1.67. The number of methoxy groups -OCH3 is 1. The van der Waals surface area contributed by atoms with Crippen LogP contribution < -0.4 is 10.1 Å². The van der Waals surface area contributed by atoms with E-state index in [4.69, 9.17) is 9.47 Å². The number of amides is 1. The van der Waals surface area contributed by atoms with Crippen molar-refractivity contribution in [2.24, 2.45) is 0 Å². The Balaban J connectivity index is 1.53. The van der Waals surface area contributed by atoms with Gasteiger partial charge in [-0.3, -0.25) is 14.7 Å². The molecule has 150 valence electrons. The van der Waals surface area contributed by atoms with Crippen LogP contribution in [-0.4, -0.2) is 55.7 Å². The molecule has 6 nitrogen and oxygen atoms in total. The minimum atomic E-state index is 0.0932. The van der Waals surface area contributed by atoms with E-state index in [1.54, 1.807) is 13.3 Å². The first-order valence-electron chi connectivity index (χ1n) is 9.87. The van der Waals surface area contributed by atoms with Crippen LogP contribution in [-0.2, 0) is 16.0 Å². The van der Waals surface area contributed by atoms with E-state index in [9.17, 15) is 4.79 Å². The van der Waals surface area contributed by atoms with E-state index in [2.05, 4.69) is 27.3 Å². The molecule has 1 unspecified atom stereocenters. The summed E-state index contributed by atoms with van der Waals surface area (Å²) in [6.45, 7) is 3.79. The van der Waals surface area contributed by atoms with Gasteiger partial charge in [-0.1, -0.05) is 18.2 Å². The fourth-order valence-corrected chi connectivity index (χ4v) is 3.47. The van der Waals surface area contributed by atoms with Gasteiger partial charge in [-0.25, -0.2) is 0 Å². The van der Waals surface area contributed by atoms with Crippen molar-refractivity contribution in [3.8, 4) is 5.75 Å². The summed E-state index contributed by atoms with van der Waals surface area (Å²) >= 11 is 0. The zero-order chi connectivity index (χ0) is 19.6. The Morgan fingerprint density at radius 3 is 2.71 bits per heavy atom. The smallest absolute Gasteiger partial charge is 0.220 e. The Labute approximate surface area is 166 Å². The third kappa shape index (κ3) is 6.04. The summed E-state index contributed by atoms with van der Waals surface area (Å²) in [5, 5.41) is 3.13. The zero-order valence-corrected chi connectivity index (χ0v) is 16.5. The van der Waals surface area contributed by atoms with Gasteiger partial charge in [0, 0.05) is 38.4 Å². The van der Waals surface area contributed by atoms with Crippen molar-refractivity contribution in [2.45, 2.75) is 25.3 Å². The second-order valence-electron chi connectivity index (χ2n) is 6.96. The van der Waals surface area contributed by atoms with E-state index in [-0.39, 0.29) is 11.9 Å². The van der Waals surface area contributed by atoms with E-state index in [0.717, 1.165) is 44.9 Å². The predicted octanol–water partition coefficient (Wildman–Crippen LogP) is 2.60. The maximum Gasteiger partial charge on any atom is 0.220 e. The molecule has 0 radical (unpaired) electrons. The lowest BCUT2D eigenvalue weighted by Crippen LogP contribution is -2.43. The fourth-order valence-electron chi connectivity index (χ4n) is 3.47. The van der Waals surface area contributed by atoms with Gasteiger partial charge in [0.2, 0.25) is 5.91 Å². The van der Waals surface area contributed by atoms with E-state index >= 15 is 0 Å². The Hall–Kier alpha value is -2.44. The molecule has 28 heavy (non-hydrogen) atoms. The van der Waals surface area contributed by atoms with E-state index in [1.165, 1.54) is 11.1 Å². The van der Waals surface area contributed by atoms with Crippen molar-refractivity contribution in [3.05, 3.63) is 59.9 Å². The number of aromatic nitrogens is 1. The number of ether oxygens (including phenoxy) is 2. The first kappa shape index (κ1) is 20.3. The number of rotatable bonds is 9. The van der Waals surface area contributed by atoms with Crippen LogP contribution in [0.25, 0.3) is 0 Å². The Morgan fingerprint density at radius 1 is 1.25 bits per heavy atom. The quantitative estimate of drug-likeness (QED) is 0.721. The second kappa shape index (κ2) is 10.8. The van der Waals surface area contributed by atoms with Gasteiger partial charge >= 0.3 is 0 Å². The van der Waals surface area contributed by atoms with E-state index in [0.29, 0.717) is 13.0 Å². The van der Waals surface area contributed by atoms with Crippen molar-refractivity contribution in [1.29, 1.82) is 0 Å². The number of carbonyl (C=O) groups is 1. The van der Waals surface area contributed by atoms with Crippen molar-refractivity contribution in [3.63, 3.8) is 0 Å². The first-order valence-corrected chi connectivity index (χ1v) is 9.87. The average molecular weight is 383 g/mol. The van der Waals surface area contributed by atoms with Gasteiger partial charge in [0.15, 0.2) is 0 Å². The molecule has 0 bridgehead atoms. The number of aryl methyl sites for hydroxylation is 1. The summed E-state index contributed by atoms with van der Waals surface area (Å²) in [6, 6.07) is 12.2. The fraction of sp³-hybridized carbons (Fsp3) is 0.455. The van der Waals surface area contributed by atoms with Gasteiger partial charge in [0.25, 0.3) is 0 Å². The number of carbonyl (C=O) groups excluding carboxylic acids is 1.